The number of benzene rings is 3. The number of hydrogen-bond acceptors (Lipinski definition) is 14. The smallest absolute Gasteiger partial charge is 0.329 e. The maximum absolute atomic E-state index is 13.4. The number of carboxylic acids is 1. The van der Waals surface area contributed by atoms with E-state index in [1.807, 2.05) is 38.1 Å². The van der Waals surface area contributed by atoms with Crippen molar-refractivity contribution in [3.05, 3.63) is 118 Å². The highest BCUT2D eigenvalue weighted by Crippen LogP contribution is 2.31. The molecule has 0 bridgehead atoms. The summed E-state index contributed by atoms with van der Waals surface area (Å²) in [5.41, 5.74) is 5.16. The van der Waals surface area contributed by atoms with E-state index in [0.29, 0.717) is 10.6 Å². The molecule has 15 heteroatoms. The Kier molecular flexibility index (Phi) is 10.2. The zero-order valence-electron chi connectivity index (χ0n) is 29.3. The van der Waals surface area contributed by atoms with E-state index in [1.54, 1.807) is 24.5 Å². The van der Waals surface area contributed by atoms with Crippen molar-refractivity contribution >= 4 is 28.6 Å². The number of phenolic OH excluding ortho intramolecular Hbond substituents is 1. The van der Waals surface area contributed by atoms with Gasteiger partial charge in [0.05, 0.1) is 22.5 Å². The van der Waals surface area contributed by atoms with Crippen LogP contribution in [-0.2, 0) is 23.9 Å². The Balaban J connectivity index is 1.20. The molecule has 0 radical (unpaired) electrons. The van der Waals surface area contributed by atoms with Crippen molar-refractivity contribution < 1.29 is 58.5 Å². The molecule has 1 aromatic heterocycles. The zero-order valence-corrected chi connectivity index (χ0v) is 29.3. The number of likely N-dealkylation sites (N-methyl/N-ethyl adjacent to an activating group) is 1. The van der Waals surface area contributed by atoms with Crippen LogP contribution in [0.15, 0.2) is 105 Å². The number of ether oxygens (including phenoxy) is 3. The number of quaternary nitrogens is 1. The van der Waals surface area contributed by atoms with E-state index in [2.05, 4.69) is 10.3 Å². The maximum atomic E-state index is 13.4. The van der Waals surface area contributed by atoms with Gasteiger partial charge in [0, 0.05) is 17.8 Å². The molecular weight excluding hydrogens is 702 g/mol. The van der Waals surface area contributed by atoms with Crippen LogP contribution in [0.5, 0.6) is 11.5 Å². The van der Waals surface area contributed by atoms with Gasteiger partial charge in [-0.05, 0) is 68.9 Å². The molecule has 54 heavy (non-hydrogen) atoms. The van der Waals surface area contributed by atoms with Crippen LogP contribution in [0.1, 0.15) is 22.7 Å². The summed E-state index contributed by atoms with van der Waals surface area (Å²) in [6, 6.07) is 14.4. The van der Waals surface area contributed by atoms with E-state index in [0.717, 1.165) is 28.0 Å². The van der Waals surface area contributed by atoms with Crippen LogP contribution >= 0.6 is 0 Å². The fraction of sp³-hybridized carbons (Fsp3) is 0.282. The second kappa shape index (κ2) is 15.0. The monoisotopic (exact) mass is 739 g/mol. The fourth-order valence-electron chi connectivity index (χ4n) is 6.85. The average molecular weight is 740 g/mol. The van der Waals surface area contributed by atoms with Gasteiger partial charge >= 0.3 is 5.97 Å². The molecule has 0 spiro atoms. The van der Waals surface area contributed by atoms with Crippen LogP contribution in [0.3, 0.4) is 0 Å². The van der Waals surface area contributed by atoms with E-state index in [9.17, 15) is 34.8 Å². The number of hydroxylamine groups is 2. The Hall–Kier alpha value is -5.68. The van der Waals surface area contributed by atoms with Crippen LogP contribution in [0.2, 0.25) is 0 Å². The molecule has 8 atom stereocenters. The van der Waals surface area contributed by atoms with Gasteiger partial charge in [-0.25, -0.2) is 4.79 Å². The average Bonchev–Trinajstić information content (AvgIpc) is 3.72. The molecule has 3 aromatic carbocycles. The fourth-order valence-corrected chi connectivity index (χ4v) is 6.85. The lowest BCUT2D eigenvalue weighted by Crippen LogP contribution is -3.07. The third-order valence-electron chi connectivity index (χ3n) is 9.44. The number of rotatable bonds is 11. The molecule has 7 rings (SSSR count). The zero-order chi connectivity index (χ0) is 38.3. The number of phenols is 1. The highest BCUT2D eigenvalue weighted by atomic mass is 16.8. The normalized spacial score (nSPS) is 25.2. The third-order valence-corrected chi connectivity index (χ3v) is 9.44. The predicted molar refractivity (Wildman–Crippen MR) is 189 cm³/mol. The van der Waals surface area contributed by atoms with Gasteiger partial charge in [0.1, 0.15) is 66.2 Å². The number of hydrogen-bond donors (Lipinski definition) is 5. The summed E-state index contributed by atoms with van der Waals surface area (Å²) < 4.78 is 23.3. The number of aliphatic hydroxyl groups is 2. The summed E-state index contributed by atoms with van der Waals surface area (Å²) in [5.74, 6) is -2.73. The summed E-state index contributed by atoms with van der Waals surface area (Å²) in [4.78, 5) is 48.4. The van der Waals surface area contributed by atoms with Gasteiger partial charge in [0.25, 0.3) is 0 Å². The largest absolute Gasteiger partial charge is 0.548 e. The number of carbonyl (C=O) groups is 2. The van der Waals surface area contributed by atoms with Crippen LogP contribution < -0.4 is 25.7 Å². The molecule has 0 aliphatic carbocycles. The number of nitrogens with zero attached hydrogens (tertiary/aromatic N) is 1. The Bertz CT molecular complexity index is 2230. The first-order valence-electron chi connectivity index (χ1n) is 17.1. The van der Waals surface area contributed by atoms with Gasteiger partial charge in [-0.2, -0.15) is 9.90 Å². The number of aliphatic hydroxyl groups excluding tert-OH is 2. The molecule has 3 aliphatic heterocycles. The number of esters is 1. The lowest BCUT2D eigenvalue weighted by Gasteiger charge is -2.41. The Morgan fingerprint density at radius 3 is 2.48 bits per heavy atom. The molecule has 5 N–H and O–H groups in total. The van der Waals surface area contributed by atoms with Crippen molar-refractivity contribution in [1.29, 1.82) is 0 Å². The number of aromatic hydroxyl groups is 1. The number of nitrogens with one attached hydrogen (secondary N) is 2. The second-order valence-corrected chi connectivity index (χ2v) is 13.3. The molecule has 3 aliphatic rings. The summed E-state index contributed by atoms with van der Waals surface area (Å²) >= 11 is 0. The van der Waals surface area contributed by atoms with Crippen molar-refractivity contribution in [3.8, 4) is 22.6 Å². The van der Waals surface area contributed by atoms with Gasteiger partial charge in [-0.3, -0.25) is 9.79 Å². The van der Waals surface area contributed by atoms with Crippen molar-refractivity contribution in [1.82, 2.24) is 5.32 Å². The van der Waals surface area contributed by atoms with Crippen molar-refractivity contribution in [3.63, 3.8) is 0 Å². The van der Waals surface area contributed by atoms with E-state index >= 15 is 0 Å². The Labute approximate surface area is 307 Å². The first-order valence-corrected chi connectivity index (χ1v) is 17.1. The number of allylic oxidation sites excluding steroid dienone is 1. The predicted octanol–water partition coefficient (Wildman–Crippen LogP) is 0.281. The molecule has 4 aromatic rings. The van der Waals surface area contributed by atoms with E-state index in [4.69, 9.17) is 23.5 Å². The highest BCUT2D eigenvalue weighted by molar-refractivity contribution is 6.08. The van der Waals surface area contributed by atoms with Gasteiger partial charge in [-0.15, -0.1) is 0 Å². The lowest BCUT2D eigenvalue weighted by molar-refractivity contribution is -1.07. The van der Waals surface area contributed by atoms with Crippen LogP contribution in [0.25, 0.3) is 22.1 Å². The maximum Gasteiger partial charge on any atom is 0.329 e. The minimum Gasteiger partial charge on any atom is -0.548 e. The number of aryl methyl sites for hydroxylation is 2. The topological polar surface area (TPSA) is 214 Å². The Morgan fingerprint density at radius 1 is 1.04 bits per heavy atom. The van der Waals surface area contributed by atoms with E-state index < -0.39 is 61.3 Å². The molecule has 0 amide bonds. The van der Waals surface area contributed by atoms with Crippen LogP contribution in [0, 0.1) is 13.8 Å². The molecule has 1 saturated heterocycles. The second-order valence-electron chi connectivity index (χ2n) is 13.3. The van der Waals surface area contributed by atoms with Gasteiger partial charge in [0.2, 0.25) is 12.4 Å². The first kappa shape index (κ1) is 36.7. The van der Waals surface area contributed by atoms with Crippen molar-refractivity contribution in [2.24, 2.45) is 4.99 Å². The lowest BCUT2D eigenvalue weighted by atomic mass is 9.97. The minimum absolute atomic E-state index is 0.0490. The van der Waals surface area contributed by atoms with Crippen molar-refractivity contribution in [2.45, 2.75) is 56.6 Å². The van der Waals surface area contributed by atoms with E-state index in [1.165, 1.54) is 43.6 Å². The van der Waals surface area contributed by atoms with Crippen LogP contribution in [0.4, 0.5) is 0 Å². The molecule has 0 saturated carbocycles. The summed E-state index contributed by atoms with van der Waals surface area (Å²) in [6.07, 6.45) is -0.967. The standard InChI is InChI=1S/C39H37N3O12/c1-19-12-20(2)14-23(13-19)32-30-22(10-11-41-30)16-42(32)54-36-35(46)34(45)29(18-51-38(49)31(40-3)37(47)48)53-39(36)52-25-8-9-26-28(15-25)50-17-27(33(26)44)21-4-6-24(43)7-5-21/h4-17,29,31-32,34-36,39-40,43,45-46H,18H2,1-3H3,(H,47,48). The van der Waals surface area contributed by atoms with Gasteiger partial charge in [0.15, 0.2) is 11.5 Å². The highest BCUT2D eigenvalue weighted by Gasteiger charge is 2.52. The molecule has 8 unspecified atom stereocenters. The SMILES string of the molecule is CNC(C(=O)[O-])C(=O)OCC1OC(Oc2ccc3c(=O)c(-c4ccc(O)cc4)coc3c2)C(O[NH+]2C=C3C=CN=C3C2c2cc(C)cc(C)c2)C(O)C1O. The number of aliphatic imine (C=N–C) groups is 1. The first-order chi connectivity index (χ1) is 25.9. The number of aliphatic carboxylic acids is 1. The molecule has 1 fully saturated rings. The number of carboxylic acid groups (broad SMARTS) is 1. The number of fused-ring (bicyclic) bond motifs is 2. The summed E-state index contributed by atoms with van der Waals surface area (Å²) in [7, 11) is 1.24. The summed E-state index contributed by atoms with van der Waals surface area (Å²) in [6.45, 7) is 3.30. The van der Waals surface area contributed by atoms with Gasteiger partial charge in [-0.1, -0.05) is 29.3 Å². The molecule has 15 nitrogen and oxygen atoms in total. The van der Waals surface area contributed by atoms with Crippen LogP contribution in [-0.4, -0.2) is 83.4 Å². The van der Waals surface area contributed by atoms with E-state index in [-0.39, 0.29) is 33.5 Å². The molecule has 4 heterocycles. The Morgan fingerprint density at radius 2 is 1.78 bits per heavy atom. The molecule has 280 valence electrons. The minimum atomic E-state index is -1.79. The third kappa shape index (κ3) is 7.15. The number of carbonyl (C=O) groups excluding carboxylic acids is 2. The van der Waals surface area contributed by atoms with Gasteiger partial charge < -0.3 is 49.2 Å². The summed E-state index contributed by atoms with van der Waals surface area (Å²) in [5, 5.41) is 46.8. The molecular formula is C39H37N3O12. The quantitative estimate of drug-likeness (QED) is 0.103. The van der Waals surface area contributed by atoms with Crippen molar-refractivity contribution in [2.75, 3.05) is 13.7 Å².